The lowest BCUT2D eigenvalue weighted by Gasteiger charge is -2.03. The molecule has 0 aliphatic rings. The number of carbonyl (C=O) groups excluding carboxylic acids is 1. The number of imidazole rings is 1. The van der Waals surface area contributed by atoms with E-state index in [-0.39, 0.29) is 11.9 Å². The van der Waals surface area contributed by atoms with Gasteiger partial charge in [-0.25, -0.2) is 4.98 Å². The molecule has 102 valence electrons. The summed E-state index contributed by atoms with van der Waals surface area (Å²) >= 11 is 0. The zero-order valence-electron chi connectivity index (χ0n) is 11.1. The highest BCUT2D eigenvalue weighted by Gasteiger charge is 2.19. The Balaban J connectivity index is 2.08. The molecule has 3 aromatic heterocycles. The van der Waals surface area contributed by atoms with Gasteiger partial charge in [0.05, 0.1) is 5.69 Å². The molecule has 0 unspecified atom stereocenters. The number of nitrogens with zero attached hydrogens (tertiary/aromatic N) is 5. The van der Waals surface area contributed by atoms with E-state index in [4.69, 9.17) is 0 Å². The van der Waals surface area contributed by atoms with Gasteiger partial charge in [0.15, 0.2) is 0 Å². The van der Waals surface area contributed by atoms with Gasteiger partial charge < -0.3 is 0 Å². The van der Waals surface area contributed by atoms with Gasteiger partial charge in [0.1, 0.15) is 11.3 Å². The average Bonchev–Trinajstić information content (AvgIpc) is 3.04. The number of aryl methyl sites for hydroxylation is 2. The lowest BCUT2D eigenvalue weighted by Crippen LogP contribution is -2.17. The largest absolute Gasteiger partial charge is 0.295 e. The minimum absolute atomic E-state index is 0.139. The van der Waals surface area contributed by atoms with E-state index in [2.05, 4.69) is 30.9 Å². The summed E-state index contributed by atoms with van der Waals surface area (Å²) < 4.78 is 1.78. The van der Waals surface area contributed by atoms with Crippen molar-refractivity contribution in [2.45, 2.75) is 20.3 Å². The number of aromatic amines is 1. The first-order valence-electron chi connectivity index (χ1n) is 6.21. The number of fused-ring (bicyclic) bond motifs is 1. The number of hydrogen-bond acceptors (Lipinski definition) is 5. The Morgan fingerprint density at radius 3 is 3.00 bits per heavy atom. The lowest BCUT2D eigenvalue weighted by molar-refractivity contribution is 0.101. The summed E-state index contributed by atoms with van der Waals surface area (Å²) in [6.45, 7) is 3.92. The highest BCUT2D eigenvalue weighted by atomic mass is 16.2. The summed E-state index contributed by atoms with van der Waals surface area (Å²) in [6, 6.07) is 3.85. The van der Waals surface area contributed by atoms with Crippen LogP contribution in [0.15, 0.2) is 18.3 Å². The van der Waals surface area contributed by atoms with Crippen molar-refractivity contribution in [1.29, 1.82) is 0 Å². The Bertz CT molecular complexity index is 760. The lowest BCUT2D eigenvalue weighted by atomic mass is 10.2. The zero-order chi connectivity index (χ0) is 14.1. The van der Waals surface area contributed by atoms with E-state index in [1.807, 2.05) is 32.2 Å². The van der Waals surface area contributed by atoms with Crippen molar-refractivity contribution in [3.8, 4) is 0 Å². The van der Waals surface area contributed by atoms with Crippen LogP contribution in [-0.4, -0.2) is 35.9 Å². The van der Waals surface area contributed by atoms with Gasteiger partial charge in [0, 0.05) is 6.20 Å². The second-order valence-corrected chi connectivity index (χ2v) is 4.38. The van der Waals surface area contributed by atoms with Crippen molar-refractivity contribution in [3.05, 3.63) is 35.3 Å². The van der Waals surface area contributed by atoms with Gasteiger partial charge in [0.2, 0.25) is 0 Å². The third-order valence-corrected chi connectivity index (χ3v) is 2.96. The molecule has 0 fully saturated rings. The molecule has 1 amide bonds. The Morgan fingerprint density at radius 1 is 1.45 bits per heavy atom. The summed E-state index contributed by atoms with van der Waals surface area (Å²) in [6.07, 6.45) is 2.54. The molecule has 3 aromatic rings. The van der Waals surface area contributed by atoms with Crippen molar-refractivity contribution in [1.82, 2.24) is 30.0 Å². The fourth-order valence-corrected chi connectivity index (χ4v) is 2.06. The van der Waals surface area contributed by atoms with Crippen LogP contribution in [0.4, 0.5) is 5.95 Å². The molecule has 3 rings (SSSR count). The van der Waals surface area contributed by atoms with Crippen LogP contribution in [0.1, 0.15) is 28.7 Å². The fourth-order valence-electron chi connectivity index (χ4n) is 2.06. The van der Waals surface area contributed by atoms with E-state index in [0.29, 0.717) is 12.1 Å². The number of hydrogen-bond donors (Lipinski definition) is 2. The van der Waals surface area contributed by atoms with Crippen LogP contribution >= 0.6 is 0 Å². The molecule has 0 atom stereocenters. The number of carbonyl (C=O) groups is 1. The van der Waals surface area contributed by atoms with Crippen molar-refractivity contribution < 1.29 is 4.79 Å². The molecule has 3 heterocycles. The first-order chi connectivity index (χ1) is 9.69. The number of nitrogens with one attached hydrogen (secondary N) is 2. The number of pyridine rings is 1. The van der Waals surface area contributed by atoms with Gasteiger partial charge in [-0.2, -0.15) is 5.21 Å². The first-order valence-corrected chi connectivity index (χ1v) is 6.21. The molecule has 20 heavy (non-hydrogen) atoms. The van der Waals surface area contributed by atoms with Crippen molar-refractivity contribution in [2.24, 2.45) is 0 Å². The van der Waals surface area contributed by atoms with Gasteiger partial charge >= 0.3 is 0 Å². The predicted octanol–water partition coefficient (Wildman–Crippen LogP) is 0.971. The van der Waals surface area contributed by atoms with E-state index in [9.17, 15) is 4.79 Å². The number of aromatic nitrogens is 6. The molecule has 0 aromatic carbocycles. The molecule has 0 saturated carbocycles. The van der Waals surface area contributed by atoms with Crippen molar-refractivity contribution in [3.63, 3.8) is 0 Å². The molecule has 0 aliphatic carbocycles. The van der Waals surface area contributed by atoms with Crippen LogP contribution in [0.25, 0.3) is 5.65 Å². The maximum atomic E-state index is 12.4. The van der Waals surface area contributed by atoms with E-state index < -0.39 is 0 Å². The predicted molar refractivity (Wildman–Crippen MR) is 71.4 cm³/mol. The normalized spacial score (nSPS) is 10.9. The highest BCUT2D eigenvalue weighted by Crippen LogP contribution is 2.15. The van der Waals surface area contributed by atoms with E-state index in [1.54, 1.807) is 4.40 Å². The third kappa shape index (κ3) is 2.00. The summed E-state index contributed by atoms with van der Waals surface area (Å²) in [5.74, 6) is -0.166. The van der Waals surface area contributed by atoms with Crippen molar-refractivity contribution >= 4 is 17.5 Å². The summed E-state index contributed by atoms with van der Waals surface area (Å²) in [5, 5.41) is 15.7. The van der Waals surface area contributed by atoms with Crippen LogP contribution in [0.2, 0.25) is 0 Å². The maximum absolute atomic E-state index is 12.4. The molecule has 0 aliphatic heterocycles. The van der Waals surface area contributed by atoms with Crippen LogP contribution in [0, 0.1) is 6.92 Å². The monoisotopic (exact) mass is 271 g/mol. The highest BCUT2D eigenvalue weighted by molar-refractivity contribution is 6.03. The molecule has 8 heteroatoms. The number of rotatable bonds is 3. The number of anilines is 1. The Hall–Kier alpha value is -2.77. The smallest absolute Gasteiger partial charge is 0.277 e. The van der Waals surface area contributed by atoms with E-state index in [1.165, 1.54) is 0 Å². The quantitative estimate of drug-likeness (QED) is 0.739. The SMILES string of the molecule is CCc1nc2ccc(C)cn2c1C(=O)Nc1nn[nH]n1. The molecular formula is C12H13N7O. The molecular weight excluding hydrogens is 258 g/mol. The summed E-state index contributed by atoms with van der Waals surface area (Å²) in [4.78, 5) is 16.8. The van der Waals surface area contributed by atoms with Crippen molar-refractivity contribution in [2.75, 3.05) is 5.32 Å². The number of amides is 1. The molecule has 0 radical (unpaired) electrons. The van der Waals surface area contributed by atoms with Gasteiger partial charge in [0.25, 0.3) is 11.9 Å². The Labute approximate surface area is 114 Å². The van der Waals surface area contributed by atoms with Crippen LogP contribution in [-0.2, 0) is 6.42 Å². The summed E-state index contributed by atoms with van der Waals surface area (Å²) in [5.41, 5.74) is 3.02. The minimum Gasteiger partial charge on any atom is -0.295 e. The standard InChI is InChI=1S/C12H13N7O/c1-3-8-10(11(20)14-12-15-17-18-16-12)19-6-7(2)4-5-9(19)13-8/h4-6H,3H2,1-2H3,(H2,14,15,16,17,18,20). The molecule has 0 saturated heterocycles. The minimum atomic E-state index is -0.304. The topological polar surface area (TPSA) is 101 Å². The van der Waals surface area contributed by atoms with Crippen LogP contribution in [0.5, 0.6) is 0 Å². The van der Waals surface area contributed by atoms with Crippen LogP contribution in [0.3, 0.4) is 0 Å². The van der Waals surface area contributed by atoms with E-state index >= 15 is 0 Å². The second kappa shape index (κ2) is 4.72. The number of tetrazole rings is 1. The Kier molecular flexibility index (Phi) is 2.90. The fraction of sp³-hybridized carbons (Fsp3) is 0.250. The first kappa shape index (κ1) is 12.3. The maximum Gasteiger partial charge on any atom is 0.277 e. The third-order valence-electron chi connectivity index (χ3n) is 2.96. The second-order valence-electron chi connectivity index (χ2n) is 4.38. The average molecular weight is 271 g/mol. The van der Waals surface area contributed by atoms with E-state index in [0.717, 1.165) is 16.9 Å². The number of H-pyrrole nitrogens is 1. The van der Waals surface area contributed by atoms with Gasteiger partial charge in [-0.1, -0.05) is 18.1 Å². The molecule has 0 bridgehead atoms. The van der Waals surface area contributed by atoms with Gasteiger partial charge in [-0.05, 0) is 30.2 Å². The molecule has 2 N–H and O–H groups in total. The van der Waals surface area contributed by atoms with Crippen LogP contribution < -0.4 is 5.32 Å². The zero-order valence-corrected chi connectivity index (χ0v) is 11.1. The molecule has 0 spiro atoms. The van der Waals surface area contributed by atoms with Gasteiger partial charge in [-0.3, -0.25) is 14.5 Å². The Morgan fingerprint density at radius 2 is 2.30 bits per heavy atom. The summed E-state index contributed by atoms with van der Waals surface area (Å²) in [7, 11) is 0. The molecule has 8 nitrogen and oxygen atoms in total. The van der Waals surface area contributed by atoms with Gasteiger partial charge in [-0.15, -0.1) is 5.10 Å².